The second-order valence-electron chi connectivity index (χ2n) is 6.25. The molecule has 0 saturated heterocycles. The smallest absolute Gasteiger partial charge is 0.331 e. The Morgan fingerprint density at radius 1 is 1.23 bits per heavy atom. The quantitative estimate of drug-likeness (QED) is 0.438. The van der Waals surface area contributed by atoms with Crippen molar-refractivity contribution in [2.45, 2.75) is 32.1 Å². The number of carboxylic acids is 2. The molecule has 1 aromatic carbocycles. The Morgan fingerprint density at radius 2 is 1.88 bits per heavy atom. The van der Waals surface area contributed by atoms with E-state index in [1.54, 1.807) is 44.2 Å². The van der Waals surface area contributed by atoms with E-state index in [4.69, 9.17) is 5.53 Å². The molecule has 2 rings (SSSR count). The highest BCUT2D eigenvalue weighted by atomic mass is 16.4. The third-order valence-electron chi connectivity index (χ3n) is 5.00. The monoisotopic (exact) mass is 355 g/mol. The molecule has 0 saturated carbocycles. The molecule has 2 N–H and O–H groups in total. The summed E-state index contributed by atoms with van der Waals surface area (Å²) in [6.07, 6.45) is 4.02. The number of carboxylic acid groups (broad SMARTS) is 2. The summed E-state index contributed by atoms with van der Waals surface area (Å²) in [6.45, 7) is 3.84. The van der Waals surface area contributed by atoms with Gasteiger partial charge in [0.15, 0.2) is 0 Å². The SMILES string of the molecule is CCC1C(C(=O)O)=CC=C(C)C1(C(=O)O)c1ccc(CCN=[N+]=[N-])cc1. The Balaban J connectivity index is 2.54. The summed E-state index contributed by atoms with van der Waals surface area (Å²) in [7, 11) is 0. The van der Waals surface area contributed by atoms with Crippen molar-refractivity contribution < 1.29 is 19.8 Å². The molecule has 26 heavy (non-hydrogen) atoms. The number of nitrogens with zero attached hydrogens (tertiary/aromatic N) is 3. The lowest BCUT2D eigenvalue weighted by Gasteiger charge is -2.40. The van der Waals surface area contributed by atoms with Crippen LogP contribution in [-0.2, 0) is 21.4 Å². The van der Waals surface area contributed by atoms with Crippen molar-refractivity contribution in [3.8, 4) is 0 Å². The average molecular weight is 355 g/mol. The Labute approximate surface area is 151 Å². The van der Waals surface area contributed by atoms with E-state index in [0.717, 1.165) is 5.56 Å². The fourth-order valence-electron chi connectivity index (χ4n) is 3.75. The van der Waals surface area contributed by atoms with Crippen LogP contribution >= 0.6 is 0 Å². The van der Waals surface area contributed by atoms with Gasteiger partial charge in [-0.1, -0.05) is 54.0 Å². The van der Waals surface area contributed by atoms with Gasteiger partial charge < -0.3 is 10.2 Å². The van der Waals surface area contributed by atoms with Gasteiger partial charge in [0.2, 0.25) is 0 Å². The molecule has 7 heteroatoms. The summed E-state index contributed by atoms with van der Waals surface area (Å²) in [6, 6.07) is 7.05. The summed E-state index contributed by atoms with van der Waals surface area (Å²) in [4.78, 5) is 26.8. The topological polar surface area (TPSA) is 123 Å². The van der Waals surface area contributed by atoms with E-state index < -0.39 is 23.3 Å². The predicted molar refractivity (Wildman–Crippen MR) is 96.7 cm³/mol. The van der Waals surface area contributed by atoms with E-state index >= 15 is 0 Å². The predicted octanol–water partition coefficient (Wildman–Crippen LogP) is 3.86. The molecule has 0 heterocycles. The Kier molecular flexibility index (Phi) is 5.85. The molecule has 0 fully saturated rings. The van der Waals surface area contributed by atoms with Crippen LogP contribution in [0.4, 0.5) is 0 Å². The molecule has 0 aliphatic heterocycles. The molecule has 7 nitrogen and oxygen atoms in total. The molecule has 2 atom stereocenters. The molecular formula is C19H21N3O4. The zero-order valence-corrected chi connectivity index (χ0v) is 14.7. The fraction of sp³-hybridized carbons (Fsp3) is 0.368. The zero-order chi connectivity index (χ0) is 19.3. The third kappa shape index (κ3) is 3.21. The fourth-order valence-corrected chi connectivity index (χ4v) is 3.75. The normalized spacial score (nSPS) is 22.0. The van der Waals surface area contributed by atoms with Gasteiger partial charge in [0, 0.05) is 22.9 Å². The van der Waals surface area contributed by atoms with Crippen LogP contribution in [0.3, 0.4) is 0 Å². The van der Waals surface area contributed by atoms with Gasteiger partial charge in [0.05, 0.1) is 0 Å². The number of aliphatic carboxylic acids is 2. The van der Waals surface area contributed by atoms with E-state index in [0.29, 0.717) is 30.5 Å². The highest BCUT2D eigenvalue weighted by Gasteiger charge is 2.51. The molecule has 2 unspecified atom stereocenters. The maximum atomic E-state index is 12.4. The van der Waals surface area contributed by atoms with Crippen LogP contribution in [0.25, 0.3) is 10.4 Å². The first kappa shape index (κ1) is 19.3. The Bertz CT molecular complexity index is 820. The molecule has 0 amide bonds. The van der Waals surface area contributed by atoms with Gasteiger partial charge in [-0.25, -0.2) is 4.79 Å². The standard InChI is InChI=1S/C19H21N3O4/c1-3-16-15(17(23)24)9-4-12(2)19(16,18(25)26)14-7-5-13(6-8-14)10-11-21-22-20/h4-9,16H,3,10-11H2,1-2H3,(H,23,24)(H,25,26). The summed E-state index contributed by atoms with van der Waals surface area (Å²) < 4.78 is 0. The minimum Gasteiger partial charge on any atom is -0.480 e. The lowest BCUT2D eigenvalue weighted by molar-refractivity contribution is -0.144. The number of allylic oxidation sites excluding steroid dienone is 2. The lowest BCUT2D eigenvalue weighted by Crippen LogP contribution is -2.47. The third-order valence-corrected chi connectivity index (χ3v) is 5.00. The summed E-state index contributed by atoms with van der Waals surface area (Å²) in [5, 5.41) is 23.2. The van der Waals surface area contributed by atoms with E-state index in [1.807, 2.05) is 0 Å². The van der Waals surface area contributed by atoms with Gasteiger partial charge in [0.1, 0.15) is 5.41 Å². The number of carbonyl (C=O) groups is 2. The van der Waals surface area contributed by atoms with Gasteiger partial charge in [-0.15, -0.1) is 0 Å². The van der Waals surface area contributed by atoms with E-state index in [9.17, 15) is 19.8 Å². The summed E-state index contributed by atoms with van der Waals surface area (Å²) in [5.41, 5.74) is 9.10. The van der Waals surface area contributed by atoms with Crippen molar-refractivity contribution in [1.29, 1.82) is 0 Å². The first-order valence-corrected chi connectivity index (χ1v) is 8.35. The van der Waals surface area contributed by atoms with Gasteiger partial charge in [-0.3, -0.25) is 4.79 Å². The van der Waals surface area contributed by atoms with E-state index in [-0.39, 0.29) is 5.57 Å². The molecule has 136 valence electrons. The van der Waals surface area contributed by atoms with Gasteiger partial charge in [-0.05, 0) is 36.4 Å². The minimum absolute atomic E-state index is 0.105. The van der Waals surface area contributed by atoms with Crippen LogP contribution in [0, 0.1) is 5.92 Å². The number of azide groups is 1. The molecule has 0 radical (unpaired) electrons. The average Bonchev–Trinajstić information content (AvgIpc) is 2.61. The highest BCUT2D eigenvalue weighted by molar-refractivity contribution is 5.94. The van der Waals surface area contributed by atoms with Crippen LogP contribution in [0.15, 0.2) is 52.7 Å². The minimum atomic E-state index is -1.42. The van der Waals surface area contributed by atoms with Crippen LogP contribution < -0.4 is 0 Å². The van der Waals surface area contributed by atoms with Gasteiger partial charge in [0.25, 0.3) is 0 Å². The maximum absolute atomic E-state index is 12.4. The van der Waals surface area contributed by atoms with E-state index in [2.05, 4.69) is 10.0 Å². The van der Waals surface area contributed by atoms with Crippen molar-refractivity contribution in [2.24, 2.45) is 11.0 Å². The molecule has 0 aromatic heterocycles. The first-order valence-electron chi connectivity index (χ1n) is 8.35. The highest BCUT2D eigenvalue weighted by Crippen LogP contribution is 2.47. The lowest BCUT2D eigenvalue weighted by atomic mass is 9.60. The second kappa shape index (κ2) is 7.89. The van der Waals surface area contributed by atoms with Crippen molar-refractivity contribution in [3.63, 3.8) is 0 Å². The largest absolute Gasteiger partial charge is 0.480 e. The number of hydrogen-bond acceptors (Lipinski definition) is 3. The maximum Gasteiger partial charge on any atom is 0.331 e. The molecule has 1 aliphatic rings. The van der Waals surface area contributed by atoms with Crippen molar-refractivity contribution in [2.75, 3.05) is 6.54 Å². The second-order valence-corrected chi connectivity index (χ2v) is 6.25. The molecule has 1 aliphatic carbocycles. The molecule has 1 aromatic rings. The number of rotatable bonds is 7. The van der Waals surface area contributed by atoms with Gasteiger partial charge in [-0.2, -0.15) is 0 Å². The molecule has 0 spiro atoms. The number of hydrogen-bond donors (Lipinski definition) is 2. The van der Waals surface area contributed by atoms with E-state index in [1.165, 1.54) is 6.08 Å². The Morgan fingerprint density at radius 3 is 2.38 bits per heavy atom. The Hall–Kier alpha value is -3.05. The van der Waals surface area contributed by atoms with Crippen LogP contribution in [-0.4, -0.2) is 28.7 Å². The first-order chi connectivity index (χ1) is 12.4. The molecule has 0 bridgehead atoms. The zero-order valence-electron chi connectivity index (χ0n) is 14.7. The van der Waals surface area contributed by atoms with Crippen molar-refractivity contribution >= 4 is 11.9 Å². The summed E-state index contributed by atoms with van der Waals surface area (Å²) in [5.74, 6) is -2.83. The van der Waals surface area contributed by atoms with Crippen molar-refractivity contribution in [3.05, 3.63) is 69.1 Å². The van der Waals surface area contributed by atoms with Crippen LogP contribution in [0.5, 0.6) is 0 Å². The molecular weight excluding hydrogens is 334 g/mol. The van der Waals surface area contributed by atoms with Gasteiger partial charge >= 0.3 is 11.9 Å². The van der Waals surface area contributed by atoms with Crippen LogP contribution in [0.1, 0.15) is 31.4 Å². The number of benzene rings is 1. The summed E-state index contributed by atoms with van der Waals surface area (Å²) >= 11 is 0. The van der Waals surface area contributed by atoms with Crippen LogP contribution in [0.2, 0.25) is 0 Å². The van der Waals surface area contributed by atoms with Crippen molar-refractivity contribution in [1.82, 2.24) is 0 Å².